The molecule has 84 valence electrons. The summed E-state index contributed by atoms with van der Waals surface area (Å²) in [6.07, 6.45) is 2.65. The molecule has 0 aliphatic rings. The number of likely N-dealkylation sites (N-methyl/N-ethyl adjacent to an activating group) is 1. The summed E-state index contributed by atoms with van der Waals surface area (Å²) in [6.45, 7) is 4.33. The Bertz CT molecular complexity index is 334. The van der Waals surface area contributed by atoms with E-state index in [4.69, 9.17) is 5.73 Å². The van der Waals surface area contributed by atoms with Gasteiger partial charge in [0.05, 0.1) is 0 Å². The lowest BCUT2D eigenvalue weighted by Crippen LogP contribution is -2.37. The standard InChI is InChI=1S/C10H18N4O/c1-4-8(2)13(3)10(15)7-14-6-5-9(11)12-14/h5-6,8H,4,7H2,1-3H3,(H2,11,12). The Kier molecular flexibility index (Phi) is 3.71. The van der Waals surface area contributed by atoms with Crippen molar-refractivity contribution in [2.45, 2.75) is 32.9 Å². The van der Waals surface area contributed by atoms with Crippen LogP contribution in [-0.2, 0) is 11.3 Å². The second-order valence-corrected chi connectivity index (χ2v) is 3.70. The minimum atomic E-state index is 0.0486. The number of nitrogens with two attached hydrogens (primary N) is 1. The fourth-order valence-electron chi connectivity index (χ4n) is 1.24. The van der Waals surface area contributed by atoms with Gasteiger partial charge in [0.2, 0.25) is 5.91 Å². The molecular formula is C10H18N4O. The Morgan fingerprint density at radius 1 is 1.73 bits per heavy atom. The summed E-state index contributed by atoms with van der Waals surface area (Å²) < 4.78 is 1.55. The van der Waals surface area contributed by atoms with Crippen molar-refractivity contribution >= 4 is 11.7 Å². The predicted octanol–water partition coefficient (Wildman–Crippen LogP) is 0.722. The third-order valence-electron chi connectivity index (χ3n) is 2.60. The molecule has 0 aliphatic carbocycles. The number of carbonyl (C=O) groups excluding carboxylic acids is 1. The zero-order valence-corrected chi connectivity index (χ0v) is 9.47. The van der Waals surface area contributed by atoms with Crippen LogP contribution in [0.5, 0.6) is 0 Å². The topological polar surface area (TPSA) is 64.2 Å². The van der Waals surface area contributed by atoms with Gasteiger partial charge in [0, 0.05) is 19.3 Å². The number of amides is 1. The van der Waals surface area contributed by atoms with Crippen molar-refractivity contribution in [2.75, 3.05) is 12.8 Å². The van der Waals surface area contributed by atoms with Crippen molar-refractivity contribution in [3.05, 3.63) is 12.3 Å². The second kappa shape index (κ2) is 4.82. The van der Waals surface area contributed by atoms with E-state index in [2.05, 4.69) is 12.0 Å². The normalized spacial score (nSPS) is 12.5. The van der Waals surface area contributed by atoms with Gasteiger partial charge in [-0.05, 0) is 19.4 Å². The Hall–Kier alpha value is -1.52. The fraction of sp³-hybridized carbons (Fsp3) is 0.600. The molecule has 0 radical (unpaired) electrons. The summed E-state index contributed by atoms with van der Waals surface area (Å²) in [5.41, 5.74) is 5.46. The SMILES string of the molecule is CCC(C)N(C)C(=O)Cn1ccc(N)n1. The van der Waals surface area contributed by atoms with Gasteiger partial charge in [-0.25, -0.2) is 0 Å². The van der Waals surface area contributed by atoms with E-state index >= 15 is 0 Å². The number of aromatic nitrogens is 2. The van der Waals surface area contributed by atoms with Crippen molar-refractivity contribution in [1.82, 2.24) is 14.7 Å². The molecule has 2 N–H and O–H groups in total. The van der Waals surface area contributed by atoms with Crippen molar-refractivity contribution in [2.24, 2.45) is 0 Å². The van der Waals surface area contributed by atoms with Crippen LogP contribution >= 0.6 is 0 Å². The maximum Gasteiger partial charge on any atom is 0.244 e. The molecule has 1 unspecified atom stereocenters. The number of hydrogen-bond acceptors (Lipinski definition) is 3. The molecule has 0 saturated heterocycles. The van der Waals surface area contributed by atoms with Crippen LogP contribution in [0, 0.1) is 0 Å². The van der Waals surface area contributed by atoms with Crippen LogP contribution < -0.4 is 5.73 Å². The van der Waals surface area contributed by atoms with E-state index in [9.17, 15) is 4.79 Å². The predicted molar refractivity (Wildman–Crippen MR) is 59.2 cm³/mol. The molecule has 0 saturated carbocycles. The van der Waals surface area contributed by atoms with Gasteiger partial charge in [-0.15, -0.1) is 0 Å². The zero-order chi connectivity index (χ0) is 11.4. The van der Waals surface area contributed by atoms with Crippen LogP contribution in [0.1, 0.15) is 20.3 Å². The lowest BCUT2D eigenvalue weighted by molar-refractivity contribution is -0.132. The van der Waals surface area contributed by atoms with Crippen LogP contribution in [0.4, 0.5) is 5.82 Å². The quantitative estimate of drug-likeness (QED) is 0.796. The monoisotopic (exact) mass is 210 g/mol. The molecule has 0 aliphatic heterocycles. The first kappa shape index (κ1) is 11.6. The summed E-state index contributed by atoms with van der Waals surface area (Å²) in [4.78, 5) is 13.5. The summed E-state index contributed by atoms with van der Waals surface area (Å²) in [5, 5.41) is 3.97. The summed E-state index contributed by atoms with van der Waals surface area (Å²) in [5.74, 6) is 0.487. The van der Waals surface area contributed by atoms with E-state index in [0.29, 0.717) is 5.82 Å². The number of nitrogen functional groups attached to an aromatic ring is 1. The van der Waals surface area contributed by atoms with Gasteiger partial charge in [0.25, 0.3) is 0 Å². The minimum Gasteiger partial charge on any atom is -0.382 e. The van der Waals surface area contributed by atoms with Crippen molar-refractivity contribution in [1.29, 1.82) is 0 Å². The number of nitrogens with zero attached hydrogens (tertiary/aromatic N) is 3. The highest BCUT2D eigenvalue weighted by Gasteiger charge is 2.14. The van der Waals surface area contributed by atoms with Gasteiger partial charge in [-0.3, -0.25) is 9.48 Å². The van der Waals surface area contributed by atoms with Crippen molar-refractivity contribution in [3.63, 3.8) is 0 Å². The molecule has 15 heavy (non-hydrogen) atoms. The lowest BCUT2D eigenvalue weighted by atomic mass is 10.2. The molecule has 5 heteroatoms. The molecule has 0 bridgehead atoms. The average Bonchev–Trinajstić information content (AvgIpc) is 2.61. The highest BCUT2D eigenvalue weighted by atomic mass is 16.2. The van der Waals surface area contributed by atoms with Gasteiger partial charge < -0.3 is 10.6 Å². The maximum atomic E-state index is 11.7. The van der Waals surface area contributed by atoms with Gasteiger partial charge in [-0.1, -0.05) is 6.92 Å². The lowest BCUT2D eigenvalue weighted by Gasteiger charge is -2.23. The molecule has 0 spiro atoms. The Morgan fingerprint density at radius 3 is 2.87 bits per heavy atom. The highest BCUT2D eigenvalue weighted by molar-refractivity contribution is 5.75. The molecule has 0 fully saturated rings. The smallest absolute Gasteiger partial charge is 0.244 e. The molecule has 1 aromatic rings. The first-order valence-corrected chi connectivity index (χ1v) is 5.09. The summed E-state index contributed by atoms with van der Waals surface area (Å²) >= 11 is 0. The van der Waals surface area contributed by atoms with Crippen LogP contribution in [-0.4, -0.2) is 33.7 Å². The van der Waals surface area contributed by atoms with E-state index in [0.717, 1.165) is 6.42 Å². The molecule has 1 amide bonds. The van der Waals surface area contributed by atoms with Crippen LogP contribution in [0.15, 0.2) is 12.3 Å². The number of hydrogen-bond donors (Lipinski definition) is 1. The van der Waals surface area contributed by atoms with E-state index in [-0.39, 0.29) is 18.5 Å². The second-order valence-electron chi connectivity index (χ2n) is 3.70. The molecule has 1 atom stereocenters. The highest BCUT2D eigenvalue weighted by Crippen LogP contribution is 2.02. The van der Waals surface area contributed by atoms with Crippen LogP contribution in [0.2, 0.25) is 0 Å². The van der Waals surface area contributed by atoms with E-state index < -0.39 is 0 Å². The fourth-order valence-corrected chi connectivity index (χ4v) is 1.24. The van der Waals surface area contributed by atoms with E-state index in [1.807, 2.05) is 14.0 Å². The summed E-state index contributed by atoms with van der Waals surface area (Å²) in [7, 11) is 1.81. The van der Waals surface area contributed by atoms with Crippen LogP contribution in [0.3, 0.4) is 0 Å². The number of carbonyl (C=O) groups is 1. The third-order valence-corrected chi connectivity index (χ3v) is 2.60. The molecule has 1 rings (SSSR count). The number of rotatable bonds is 4. The molecule has 0 aromatic carbocycles. The van der Waals surface area contributed by atoms with Gasteiger partial charge in [0.1, 0.15) is 12.4 Å². The Labute approximate surface area is 89.9 Å². The number of anilines is 1. The van der Waals surface area contributed by atoms with Crippen molar-refractivity contribution < 1.29 is 4.79 Å². The largest absolute Gasteiger partial charge is 0.382 e. The molecule has 1 heterocycles. The maximum absolute atomic E-state index is 11.7. The molecular weight excluding hydrogens is 192 g/mol. The average molecular weight is 210 g/mol. The third kappa shape index (κ3) is 2.97. The van der Waals surface area contributed by atoms with Crippen LogP contribution in [0.25, 0.3) is 0 Å². The first-order valence-electron chi connectivity index (χ1n) is 5.09. The van der Waals surface area contributed by atoms with Gasteiger partial charge in [0.15, 0.2) is 0 Å². The molecule has 5 nitrogen and oxygen atoms in total. The van der Waals surface area contributed by atoms with E-state index in [1.165, 1.54) is 0 Å². The van der Waals surface area contributed by atoms with Crippen molar-refractivity contribution in [3.8, 4) is 0 Å². The first-order chi connectivity index (χ1) is 7.04. The zero-order valence-electron chi connectivity index (χ0n) is 9.47. The van der Waals surface area contributed by atoms with Gasteiger partial charge >= 0.3 is 0 Å². The summed E-state index contributed by atoms with van der Waals surface area (Å²) in [6, 6.07) is 1.93. The molecule has 1 aromatic heterocycles. The minimum absolute atomic E-state index is 0.0486. The Morgan fingerprint density at radius 2 is 2.40 bits per heavy atom. The van der Waals surface area contributed by atoms with Gasteiger partial charge in [-0.2, -0.15) is 5.10 Å². The van der Waals surface area contributed by atoms with E-state index in [1.54, 1.807) is 21.8 Å². The Balaban J connectivity index is 2.55.